The van der Waals surface area contributed by atoms with Crippen molar-refractivity contribution in [2.45, 2.75) is 52.4 Å². The zero-order valence-electron chi connectivity index (χ0n) is 16.1. The summed E-state index contributed by atoms with van der Waals surface area (Å²) >= 11 is 6.20. The van der Waals surface area contributed by atoms with Gasteiger partial charge in [-0.25, -0.2) is 4.57 Å². The molecular weight excluding hydrogens is 367 g/mol. The Labute approximate surface area is 160 Å². The summed E-state index contributed by atoms with van der Waals surface area (Å²) in [7, 11) is -3.35. The van der Waals surface area contributed by atoms with Gasteiger partial charge in [-0.3, -0.25) is 10.2 Å². The predicted octanol–water partition coefficient (Wildman–Crippen LogP) is 6.96. The normalized spacial score (nSPS) is 19.5. The SMILES string of the molecule is CC(C)(C)c1cc2c(c(C(C)(C)C)c1)OP(=O)(Nc1ccccc1Cl)N2. The molecule has 6 heteroatoms. The summed E-state index contributed by atoms with van der Waals surface area (Å²) in [6, 6.07) is 11.4. The summed E-state index contributed by atoms with van der Waals surface area (Å²) in [4.78, 5) is 0. The second-order valence-electron chi connectivity index (χ2n) is 8.75. The minimum absolute atomic E-state index is 0.0283. The molecule has 1 atom stereocenters. The number of fused-ring (bicyclic) bond motifs is 1. The fourth-order valence-electron chi connectivity index (χ4n) is 2.87. The lowest BCUT2D eigenvalue weighted by molar-refractivity contribution is 0.486. The number of anilines is 2. The maximum absolute atomic E-state index is 13.3. The van der Waals surface area contributed by atoms with Gasteiger partial charge >= 0.3 is 7.67 Å². The Morgan fingerprint density at radius 3 is 2.27 bits per heavy atom. The molecule has 1 aliphatic heterocycles. The van der Waals surface area contributed by atoms with Crippen LogP contribution in [0.5, 0.6) is 5.75 Å². The van der Waals surface area contributed by atoms with E-state index in [1.165, 1.54) is 5.56 Å². The highest BCUT2D eigenvalue weighted by atomic mass is 35.5. The molecule has 0 fully saturated rings. The molecule has 2 N–H and O–H groups in total. The fourth-order valence-corrected chi connectivity index (χ4v) is 4.72. The Morgan fingerprint density at radius 2 is 1.69 bits per heavy atom. The first kappa shape index (κ1) is 19.1. The Bertz CT molecular complexity index is 898. The molecule has 140 valence electrons. The highest BCUT2D eigenvalue weighted by Gasteiger charge is 2.39. The average Bonchev–Trinajstić information content (AvgIpc) is 2.82. The molecule has 0 saturated carbocycles. The van der Waals surface area contributed by atoms with Crippen LogP contribution in [0.25, 0.3) is 0 Å². The molecule has 0 spiro atoms. The first-order valence-electron chi connectivity index (χ1n) is 8.69. The maximum atomic E-state index is 13.3. The van der Waals surface area contributed by atoms with Crippen LogP contribution >= 0.6 is 19.3 Å². The smallest absolute Gasteiger partial charge is 0.411 e. The van der Waals surface area contributed by atoms with Gasteiger partial charge in [0.05, 0.1) is 16.4 Å². The van der Waals surface area contributed by atoms with E-state index in [0.717, 1.165) is 11.3 Å². The second-order valence-corrected chi connectivity index (χ2v) is 10.9. The van der Waals surface area contributed by atoms with Crippen molar-refractivity contribution in [2.75, 3.05) is 10.2 Å². The number of nitrogens with one attached hydrogen (secondary N) is 2. The minimum Gasteiger partial charge on any atom is -0.411 e. The molecule has 26 heavy (non-hydrogen) atoms. The van der Waals surface area contributed by atoms with Crippen LogP contribution in [-0.2, 0) is 15.4 Å². The van der Waals surface area contributed by atoms with Gasteiger partial charge in [0.1, 0.15) is 0 Å². The molecule has 0 aromatic heterocycles. The number of hydrogen-bond acceptors (Lipinski definition) is 2. The summed E-state index contributed by atoms with van der Waals surface area (Å²) < 4.78 is 19.3. The van der Waals surface area contributed by atoms with Gasteiger partial charge in [0.15, 0.2) is 5.75 Å². The Kier molecular flexibility index (Phi) is 4.57. The highest BCUT2D eigenvalue weighted by Crippen LogP contribution is 2.59. The minimum atomic E-state index is -3.35. The molecule has 1 heterocycles. The van der Waals surface area contributed by atoms with E-state index in [1.807, 2.05) is 18.2 Å². The monoisotopic (exact) mass is 392 g/mol. The molecule has 3 rings (SSSR count). The van der Waals surface area contributed by atoms with Crippen molar-refractivity contribution in [1.82, 2.24) is 0 Å². The average molecular weight is 393 g/mol. The topological polar surface area (TPSA) is 50.4 Å². The van der Waals surface area contributed by atoms with E-state index in [4.69, 9.17) is 16.1 Å². The first-order valence-corrected chi connectivity index (χ1v) is 10.7. The van der Waals surface area contributed by atoms with Crippen molar-refractivity contribution < 1.29 is 9.09 Å². The molecule has 0 aliphatic carbocycles. The number of rotatable bonds is 2. The second kappa shape index (κ2) is 6.21. The van der Waals surface area contributed by atoms with Crippen LogP contribution in [0.1, 0.15) is 52.7 Å². The lowest BCUT2D eigenvalue weighted by atomic mass is 9.80. The van der Waals surface area contributed by atoms with Crippen LogP contribution < -0.4 is 14.7 Å². The van der Waals surface area contributed by atoms with Gasteiger partial charge in [-0.05, 0) is 34.6 Å². The third kappa shape index (κ3) is 3.72. The van der Waals surface area contributed by atoms with Gasteiger partial charge in [0, 0.05) is 5.56 Å². The number of para-hydroxylation sites is 1. The molecule has 2 aromatic carbocycles. The molecule has 2 aromatic rings. The number of benzene rings is 2. The zero-order chi connectivity index (χ0) is 19.3. The lowest BCUT2D eigenvalue weighted by Gasteiger charge is -2.26. The van der Waals surface area contributed by atoms with Crippen molar-refractivity contribution in [3.05, 3.63) is 52.5 Å². The van der Waals surface area contributed by atoms with E-state index in [2.05, 4.69) is 57.8 Å². The third-order valence-corrected chi connectivity index (χ3v) is 6.23. The van der Waals surface area contributed by atoms with Crippen LogP contribution in [0.15, 0.2) is 36.4 Å². The van der Waals surface area contributed by atoms with E-state index >= 15 is 0 Å². The van der Waals surface area contributed by atoms with Crippen LogP contribution in [-0.4, -0.2) is 0 Å². The summed E-state index contributed by atoms with van der Waals surface area (Å²) in [5.74, 6) is 0.647. The van der Waals surface area contributed by atoms with Gasteiger partial charge in [-0.15, -0.1) is 0 Å². The number of hydrogen-bond donors (Lipinski definition) is 2. The summed E-state index contributed by atoms with van der Waals surface area (Å²) in [6.45, 7) is 12.9. The third-order valence-electron chi connectivity index (χ3n) is 4.39. The molecule has 0 bridgehead atoms. The van der Waals surface area contributed by atoms with Gasteiger partial charge in [-0.1, -0.05) is 71.3 Å². The molecule has 0 saturated heterocycles. The van der Waals surface area contributed by atoms with Gasteiger partial charge in [-0.2, -0.15) is 0 Å². The summed E-state index contributed by atoms with van der Waals surface area (Å²) in [5, 5.41) is 6.53. The van der Waals surface area contributed by atoms with Gasteiger partial charge in [0.2, 0.25) is 0 Å². The predicted molar refractivity (Wildman–Crippen MR) is 111 cm³/mol. The van der Waals surface area contributed by atoms with Crippen LogP contribution in [0.4, 0.5) is 11.4 Å². The molecule has 1 unspecified atom stereocenters. The maximum Gasteiger partial charge on any atom is 0.444 e. The van der Waals surface area contributed by atoms with Crippen LogP contribution in [0.2, 0.25) is 5.02 Å². The van der Waals surface area contributed by atoms with Crippen molar-refractivity contribution in [3.8, 4) is 5.75 Å². The van der Waals surface area contributed by atoms with E-state index in [9.17, 15) is 4.57 Å². The van der Waals surface area contributed by atoms with E-state index in [0.29, 0.717) is 16.5 Å². The molecular formula is C20H26ClN2O2P. The number of halogens is 1. The zero-order valence-corrected chi connectivity index (χ0v) is 17.8. The van der Waals surface area contributed by atoms with E-state index < -0.39 is 7.67 Å². The lowest BCUT2D eigenvalue weighted by Crippen LogP contribution is -2.16. The summed E-state index contributed by atoms with van der Waals surface area (Å²) in [6.07, 6.45) is 0. The molecule has 1 aliphatic rings. The standard InChI is InChI=1S/C20H26ClN2O2P/c1-19(2,3)13-11-14(20(4,5)6)18-17(12-13)23-26(24,25-18)22-16-10-8-7-9-15(16)21/h7-12H,1-6H3,(H2,22,23,24). The van der Waals surface area contributed by atoms with Gasteiger partial charge in [0.25, 0.3) is 0 Å². The van der Waals surface area contributed by atoms with Crippen LogP contribution in [0.3, 0.4) is 0 Å². The Hall–Kier alpha value is -1.64. The van der Waals surface area contributed by atoms with E-state index in [-0.39, 0.29) is 10.8 Å². The quantitative estimate of drug-likeness (QED) is 0.542. The Morgan fingerprint density at radius 1 is 1.04 bits per heavy atom. The highest BCUT2D eigenvalue weighted by molar-refractivity contribution is 7.63. The Balaban J connectivity index is 2.04. The molecule has 0 amide bonds. The molecule has 0 radical (unpaired) electrons. The van der Waals surface area contributed by atoms with Crippen molar-refractivity contribution in [3.63, 3.8) is 0 Å². The van der Waals surface area contributed by atoms with Crippen molar-refractivity contribution in [2.24, 2.45) is 0 Å². The fraction of sp³-hybridized carbons (Fsp3) is 0.400. The van der Waals surface area contributed by atoms with Crippen molar-refractivity contribution >= 4 is 30.6 Å². The summed E-state index contributed by atoms with van der Waals surface area (Å²) in [5.41, 5.74) is 3.36. The van der Waals surface area contributed by atoms with Crippen LogP contribution in [0, 0.1) is 0 Å². The largest absolute Gasteiger partial charge is 0.444 e. The van der Waals surface area contributed by atoms with Crippen molar-refractivity contribution in [1.29, 1.82) is 0 Å². The van der Waals surface area contributed by atoms with Gasteiger partial charge < -0.3 is 4.52 Å². The molecule has 4 nitrogen and oxygen atoms in total. The van der Waals surface area contributed by atoms with E-state index in [1.54, 1.807) is 12.1 Å². The first-order chi connectivity index (χ1) is 11.9.